The first kappa shape index (κ1) is 9.92. The van der Waals surface area contributed by atoms with E-state index in [4.69, 9.17) is 0 Å². The molecule has 4 heteroatoms. The molecule has 0 aliphatic rings. The summed E-state index contributed by atoms with van der Waals surface area (Å²) in [7, 11) is 0. The van der Waals surface area contributed by atoms with E-state index >= 15 is 0 Å². The summed E-state index contributed by atoms with van der Waals surface area (Å²) in [6.07, 6.45) is 4.39. The lowest BCUT2D eigenvalue weighted by molar-refractivity contribution is -0.109. The van der Waals surface area contributed by atoms with E-state index in [1.165, 1.54) is 0 Å². The first-order valence-corrected chi connectivity index (χ1v) is 4.41. The van der Waals surface area contributed by atoms with Gasteiger partial charge < -0.3 is 14.5 Å². The van der Waals surface area contributed by atoms with Crippen molar-refractivity contribution in [2.45, 2.75) is 32.4 Å². The number of hydrogen-bond donors (Lipinski definition) is 1. The molecule has 1 N–H and O–H groups in total. The maximum Gasteiger partial charge on any atom is 0.122 e. The van der Waals surface area contributed by atoms with Crippen molar-refractivity contribution in [2.24, 2.45) is 0 Å². The van der Waals surface area contributed by atoms with Crippen molar-refractivity contribution in [3.8, 4) is 0 Å². The fourth-order valence-corrected chi connectivity index (χ4v) is 1.25. The van der Waals surface area contributed by atoms with E-state index in [-0.39, 0.29) is 6.42 Å². The zero-order chi connectivity index (χ0) is 9.68. The molecule has 0 radical (unpaired) electrons. The van der Waals surface area contributed by atoms with Crippen molar-refractivity contribution < 1.29 is 9.90 Å². The van der Waals surface area contributed by atoms with Crippen LogP contribution in [-0.4, -0.2) is 20.9 Å². The standard InChI is InChI=1S/C9H14N2O2/c1-2-4-11-7-10-6-8(11)9(13)3-5-12/h5-7,9,13H,2-4H2,1H3. The Morgan fingerprint density at radius 2 is 2.54 bits per heavy atom. The molecular weight excluding hydrogens is 168 g/mol. The van der Waals surface area contributed by atoms with Crippen LogP contribution in [-0.2, 0) is 11.3 Å². The van der Waals surface area contributed by atoms with Gasteiger partial charge in [0.2, 0.25) is 0 Å². The maximum atomic E-state index is 10.2. The predicted molar refractivity (Wildman–Crippen MR) is 48.2 cm³/mol. The van der Waals surface area contributed by atoms with Crippen molar-refractivity contribution >= 4 is 6.29 Å². The van der Waals surface area contributed by atoms with Crippen molar-refractivity contribution in [3.63, 3.8) is 0 Å². The summed E-state index contributed by atoms with van der Waals surface area (Å²) in [5.74, 6) is 0. The van der Waals surface area contributed by atoms with Gasteiger partial charge in [-0.1, -0.05) is 6.92 Å². The van der Waals surface area contributed by atoms with Crippen LogP contribution in [0.1, 0.15) is 31.6 Å². The molecule has 0 aliphatic heterocycles. The lowest BCUT2D eigenvalue weighted by Gasteiger charge is -2.10. The summed E-state index contributed by atoms with van der Waals surface area (Å²) in [4.78, 5) is 14.1. The molecule has 1 unspecified atom stereocenters. The van der Waals surface area contributed by atoms with Gasteiger partial charge in [-0.15, -0.1) is 0 Å². The van der Waals surface area contributed by atoms with E-state index in [0.29, 0.717) is 12.0 Å². The molecular formula is C9H14N2O2. The average Bonchev–Trinajstić information content (AvgIpc) is 2.54. The number of aromatic nitrogens is 2. The number of carbonyl (C=O) groups is 1. The second-order valence-corrected chi connectivity index (χ2v) is 2.93. The zero-order valence-corrected chi connectivity index (χ0v) is 7.68. The second kappa shape index (κ2) is 4.77. The van der Waals surface area contributed by atoms with Crippen molar-refractivity contribution in [2.75, 3.05) is 0 Å². The van der Waals surface area contributed by atoms with Crippen LogP contribution in [0.15, 0.2) is 12.5 Å². The normalized spacial score (nSPS) is 12.8. The van der Waals surface area contributed by atoms with Crippen molar-refractivity contribution in [1.29, 1.82) is 0 Å². The molecule has 1 atom stereocenters. The molecule has 0 saturated carbocycles. The van der Waals surface area contributed by atoms with E-state index in [1.807, 2.05) is 4.57 Å². The van der Waals surface area contributed by atoms with Gasteiger partial charge in [-0.2, -0.15) is 0 Å². The Kier molecular flexibility index (Phi) is 3.64. The molecule has 0 aliphatic carbocycles. The number of aryl methyl sites for hydroxylation is 1. The zero-order valence-electron chi connectivity index (χ0n) is 7.68. The van der Waals surface area contributed by atoms with Crippen molar-refractivity contribution in [1.82, 2.24) is 9.55 Å². The number of nitrogens with zero attached hydrogens (tertiary/aromatic N) is 2. The minimum Gasteiger partial charge on any atom is -0.386 e. The highest BCUT2D eigenvalue weighted by Crippen LogP contribution is 2.14. The lowest BCUT2D eigenvalue weighted by atomic mass is 10.2. The Bertz CT molecular complexity index is 270. The summed E-state index contributed by atoms with van der Waals surface area (Å²) in [5, 5.41) is 9.52. The fourth-order valence-electron chi connectivity index (χ4n) is 1.25. The van der Waals surface area contributed by atoms with Crippen LogP contribution in [0, 0.1) is 0 Å². The molecule has 4 nitrogen and oxygen atoms in total. The minimum absolute atomic E-state index is 0.134. The quantitative estimate of drug-likeness (QED) is 0.689. The minimum atomic E-state index is -0.716. The van der Waals surface area contributed by atoms with E-state index < -0.39 is 6.10 Å². The Labute approximate surface area is 77.2 Å². The molecule has 0 aromatic carbocycles. The van der Waals surface area contributed by atoms with E-state index in [2.05, 4.69) is 11.9 Å². The monoisotopic (exact) mass is 182 g/mol. The molecule has 1 heterocycles. The van der Waals surface area contributed by atoms with Gasteiger partial charge in [0.1, 0.15) is 12.4 Å². The third-order valence-electron chi connectivity index (χ3n) is 1.87. The fraction of sp³-hybridized carbons (Fsp3) is 0.556. The molecule has 0 fully saturated rings. The van der Waals surface area contributed by atoms with Crippen LogP contribution in [0.2, 0.25) is 0 Å². The lowest BCUT2D eigenvalue weighted by Crippen LogP contribution is -2.07. The first-order chi connectivity index (χ1) is 6.29. The van der Waals surface area contributed by atoms with Crippen LogP contribution >= 0.6 is 0 Å². The van der Waals surface area contributed by atoms with Gasteiger partial charge in [0.25, 0.3) is 0 Å². The maximum absolute atomic E-state index is 10.2. The summed E-state index contributed by atoms with van der Waals surface area (Å²) >= 11 is 0. The third kappa shape index (κ3) is 2.39. The number of aliphatic hydroxyl groups excluding tert-OH is 1. The Morgan fingerprint density at radius 1 is 1.77 bits per heavy atom. The number of carbonyl (C=O) groups excluding carboxylic acids is 1. The van der Waals surface area contributed by atoms with Gasteiger partial charge in [-0.3, -0.25) is 0 Å². The Hall–Kier alpha value is -1.16. The van der Waals surface area contributed by atoms with Crippen LogP contribution in [0.25, 0.3) is 0 Å². The summed E-state index contributed by atoms with van der Waals surface area (Å²) < 4.78 is 1.87. The Morgan fingerprint density at radius 3 is 3.15 bits per heavy atom. The molecule has 1 rings (SSSR count). The molecule has 0 spiro atoms. The van der Waals surface area contributed by atoms with Crippen LogP contribution in [0.5, 0.6) is 0 Å². The molecule has 0 saturated heterocycles. The summed E-state index contributed by atoms with van der Waals surface area (Å²) in [6, 6.07) is 0. The summed E-state index contributed by atoms with van der Waals surface area (Å²) in [6.45, 7) is 2.88. The topological polar surface area (TPSA) is 55.1 Å². The second-order valence-electron chi connectivity index (χ2n) is 2.93. The van der Waals surface area contributed by atoms with Crippen LogP contribution in [0.3, 0.4) is 0 Å². The molecule has 72 valence electrons. The van der Waals surface area contributed by atoms with E-state index in [1.54, 1.807) is 12.5 Å². The van der Waals surface area contributed by atoms with Gasteiger partial charge in [0, 0.05) is 13.0 Å². The average molecular weight is 182 g/mol. The van der Waals surface area contributed by atoms with E-state index in [0.717, 1.165) is 13.0 Å². The summed E-state index contributed by atoms with van der Waals surface area (Å²) in [5.41, 5.74) is 0.717. The number of aldehydes is 1. The molecule has 0 amide bonds. The third-order valence-corrected chi connectivity index (χ3v) is 1.87. The number of rotatable bonds is 5. The SMILES string of the molecule is CCCn1cncc1C(O)CC=O. The van der Waals surface area contributed by atoms with Gasteiger partial charge >= 0.3 is 0 Å². The smallest absolute Gasteiger partial charge is 0.122 e. The van der Waals surface area contributed by atoms with Gasteiger partial charge in [0.15, 0.2) is 0 Å². The Balaban J connectivity index is 2.73. The van der Waals surface area contributed by atoms with Crippen LogP contribution in [0.4, 0.5) is 0 Å². The molecule has 1 aromatic heterocycles. The highest BCUT2D eigenvalue weighted by molar-refractivity contribution is 5.50. The highest BCUT2D eigenvalue weighted by atomic mass is 16.3. The number of hydrogen-bond acceptors (Lipinski definition) is 3. The van der Waals surface area contributed by atoms with Gasteiger partial charge in [0.05, 0.1) is 18.2 Å². The highest BCUT2D eigenvalue weighted by Gasteiger charge is 2.11. The van der Waals surface area contributed by atoms with Crippen LogP contribution < -0.4 is 0 Å². The first-order valence-electron chi connectivity index (χ1n) is 4.41. The largest absolute Gasteiger partial charge is 0.386 e. The van der Waals surface area contributed by atoms with Gasteiger partial charge in [-0.25, -0.2) is 4.98 Å². The van der Waals surface area contributed by atoms with Gasteiger partial charge in [-0.05, 0) is 6.42 Å². The van der Waals surface area contributed by atoms with E-state index in [9.17, 15) is 9.90 Å². The molecule has 0 bridgehead atoms. The van der Waals surface area contributed by atoms with Crippen molar-refractivity contribution in [3.05, 3.63) is 18.2 Å². The molecule has 1 aromatic rings. The number of aliphatic hydroxyl groups is 1. The number of imidazole rings is 1. The molecule has 13 heavy (non-hydrogen) atoms. The predicted octanol–water partition coefficient (Wildman–Crippen LogP) is 0.915.